The van der Waals surface area contributed by atoms with E-state index in [4.69, 9.17) is 15.6 Å². The summed E-state index contributed by atoms with van der Waals surface area (Å²) in [5.41, 5.74) is 10.2. The number of ether oxygens (including phenoxy) is 1. The molecule has 0 bridgehead atoms. The Hall–Kier alpha value is -3.32. The Morgan fingerprint density at radius 3 is 2.68 bits per heavy atom. The van der Waals surface area contributed by atoms with Crippen molar-refractivity contribution < 1.29 is 19.7 Å². The number of aromatic hydroxyl groups is 1. The van der Waals surface area contributed by atoms with E-state index in [1.807, 2.05) is 19.1 Å². The molecule has 7 heteroatoms. The van der Waals surface area contributed by atoms with Crippen LogP contribution in [0.3, 0.4) is 0 Å². The zero-order chi connectivity index (χ0) is 20.0. The van der Waals surface area contributed by atoms with Crippen LogP contribution in [0.25, 0.3) is 16.6 Å². The number of carbonyl (C=O) groups is 1. The number of benzene rings is 1. The molecule has 0 unspecified atom stereocenters. The Balaban J connectivity index is 1.97. The largest absolute Gasteiger partial charge is 0.511 e. The molecule has 0 spiro atoms. The van der Waals surface area contributed by atoms with Gasteiger partial charge in [0.15, 0.2) is 5.75 Å². The smallest absolute Gasteiger partial charge is 0.508 e. The molecule has 0 saturated heterocycles. The highest BCUT2D eigenvalue weighted by Gasteiger charge is 2.29. The Morgan fingerprint density at radius 2 is 2.04 bits per heavy atom. The third kappa shape index (κ3) is 2.99. The van der Waals surface area contributed by atoms with Crippen molar-refractivity contribution >= 4 is 11.7 Å². The fourth-order valence-corrected chi connectivity index (χ4v) is 3.67. The van der Waals surface area contributed by atoms with Crippen LogP contribution in [0.15, 0.2) is 41.3 Å². The second kappa shape index (κ2) is 6.69. The van der Waals surface area contributed by atoms with Gasteiger partial charge in [-0.2, -0.15) is 0 Å². The average Bonchev–Trinajstić information content (AvgIpc) is 3.50. The van der Waals surface area contributed by atoms with E-state index in [1.165, 1.54) is 4.40 Å². The van der Waals surface area contributed by atoms with Gasteiger partial charge in [-0.1, -0.05) is 6.07 Å². The summed E-state index contributed by atoms with van der Waals surface area (Å²) in [6, 6.07) is 8.62. The maximum atomic E-state index is 12.7. The number of phenolic OH excluding ortho intramolecular Hbond substituents is 1. The van der Waals surface area contributed by atoms with Gasteiger partial charge in [-0.25, -0.2) is 4.79 Å². The summed E-state index contributed by atoms with van der Waals surface area (Å²) in [5.74, 6) is 0.240. The number of hydrogen-bond donors (Lipinski definition) is 3. The Bertz CT molecular complexity index is 1160. The molecule has 1 saturated carbocycles. The number of fused-ring (bicyclic) bond motifs is 1. The number of hydrogen-bond acceptors (Lipinski definition) is 5. The average molecular weight is 380 g/mol. The van der Waals surface area contributed by atoms with Crippen LogP contribution in [0, 0.1) is 6.92 Å². The molecule has 0 amide bonds. The maximum Gasteiger partial charge on any atom is 0.511 e. The number of aryl methyl sites for hydroxylation is 1. The minimum Gasteiger partial charge on any atom is -0.508 e. The molecule has 1 aromatic carbocycles. The van der Waals surface area contributed by atoms with E-state index in [1.54, 1.807) is 24.4 Å². The standard InChI is InChI=1S/C21H20N2O5/c1-11-15(13-4-5-17(24)14(8-13)10-22)6-7-23-19(11)16(12-2-3-12)9-18(20(23)25)28-21(26)27/h4-9,12,24H,2-3,10,22H2,1H3,(H,26,27). The van der Waals surface area contributed by atoms with Gasteiger partial charge in [0.25, 0.3) is 5.56 Å². The fourth-order valence-electron chi connectivity index (χ4n) is 3.67. The molecule has 1 aliphatic carbocycles. The van der Waals surface area contributed by atoms with E-state index in [0.717, 1.165) is 40.6 Å². The summed E-state index contributed by atoms with van der Waals surface area (Å²) >= 11 is 0. The molecule has 2 heterocycles. The topological polar surface area (TPSA) is 114 Å². The Morgan fingerprint density at radius 1 is 1.29 bits per heavy atom. The van der Waals surface area contributed by atoms with Crippen molar-refractivity contribution in [2.75, 3.05) is 0 Å². The minimum atomic E-state index is -1.51. The van der Waals surface area contributed by atoms with Crippen LogP contribution >= 0.6 is 0 Å². The van der Waals surface area contributed by atoms with Crippen molar-refractivity contribution in [3.05, 3.63) is 63.6 Å². The quantitative estimate of drug-likeness (QED) is 0.598. The first-order valence-electron chi connectivity index (χ1n) is 9.02. The van der Waals surface area contributed by atoms with Gasteiger partial charge in [-0.05, 0) is 72.2 Å². The normalized spacial score (nSPS) is 13.6. The lowest BCUT2D eigenvalue weighted by Crippen LogP contribution is -2.20. The van der Waals surface area contributed by atoms with E-state index in [2.05, 4.69) is 0 Å². The fraction of sp³-hybridized carbons (Fsp3) is 0.238. The lowest BCUT2D eigenvalue weighted by Gasteiger charge is -2.16. The van der Waals surface area contributed by atoms with Gasteiger partial charge < -0.3 is 20.7 Å². The van der Waals surface area contributed by atoms with Gasteiger partial charge in [0.05, 0.1) is 5.52 Å². The van der Waals surface area contributed by atoms with Crippen LogP contribution in [-0.2, 0) is 6.54 Å². The molecule has 28 heavy (non-hydrogen) atoms. The first-order valence-corrected chi connectivity index (χ1v) is 9.02. The number of nitrogens with two attached hydrogens (primary N) is 1. The van der Waals surface area contributed by atoms with Gasteiger partial charge in [0, 0.05) is 18.3 Å². The van der Waals surface area contributed by atoms with Crippen LogP contribution in [0.4, 0.5) is 4.79 Å². The van der Waals surface area contributed by atoms with Crippen molar-refractivity contribution in [1.82, 2.24) is 4.40 Å². The molecule has 0 atom stereocenters. The van der Waals surface area contributed by atoms with Crippen molar-refractivity contribution in [3.8, 4) is 22.6 Å². The Kier molecular flexibility index (Phi) is 4.31. The minimum absolute atomic E-state index is 0.148. The molecule has 7 nitrogen and oxygen atoms in total. The summed E-state index contributed by atoms with van der Waals surface area (Å²) in [4.78, 5) is 23.7. The molecule has 144 valence electrons. The molecular formula is C21H20N2O5. The van der Waals surface area contributed by atoms with E-state index >= 15 is 0 Å². The highest BCUT2D eigenvalue weighted by Crippen LogP contribution is 2.44. The van der Waals surface area contributed by atoms with Gasteiger partial charge in [0.1, 0.15) is 5.75 Å². The van der Waals surface area contributed by atoms with Crippen molar-refractivity contribution in [3.63, 3.8) is 0 Å². The summed E-state index contributed by atoms with van der Waals surface area (Å²) in [5, 5.41) is 18.8. The summed E-state index contributed by atoms with van der Waals surface area (Å²) in [6.07, 6.45) is 2.10. The van der Waals surface area contributed by atoms with Crippen LogP contribution in [0.2, 0.25) is 0 Å². The third-order valence-electron chi connectivity index (χ3n) is 5.20. The third-order valence-corrected chi connectivity index (χ3v) is 5.20. The van der Waals surface area contributed by atoms with Crippen molar-refractivity contribution in [1.29, 1.82) is 0 Å². The van der Waals surface area contributed by atoms with E-state index in [9.17, 15) is 14.7 Å². The lowest BCUT2D eigenvalue weighted by molar-refractivity contribution is 0.143. The predicted molar refractivity (Wildman–Crippen MR) is 104 cm³/mol. The molecule has 1 aliphatic rings. The van der Waals surface area contributed by atoms with E-state index < -0.39 is 11.7 Å². The molecule has 2 aromatic heterocycles. The summed E-state index contributed by atoms with van der Waals surface area (Å²) < 4.78 is 6.16. The molecule has 0 radical (unpaired) electrons. The molecular weight excluding hydrogens is 360 g/mol. The van der Waals surface area contributed by atoms with E-state index in [0.29, 0.717) is 5.56 Å². The zero-order valence-corrected chi connectivity index (χ0v) is 15.3. The maximum absolute atomic E-state index is 12.7. The summed E-state index contributed by atoms with van der Waals surface area (Å²) in [6.45, 7) is 2.15. The number of nitrogens with zero attached hydrogens (tertiary/aromatic N) is 1. The van der Waals surface area contributed by atoms with Crippen molar-refractivity contribution in [2.45, 2.75) is 32.2 Å². The van der Waals surface area contributed by atoms with Crippen LogP contribution in [-0.4, -0.2) is 20.8 Å². The predicted octanol–water partition coefficient (Wildman–Crippen LogP) is 3.37. The van der Waals surface area contributed by atoms with Crippen molar-refractivity contribution in [2.24, 2.45) is 5.73 Å². The lowest BCUT2D eigenvalue weighted by atomic mass is 9.96. The first-order chi connectivity index (χ1) is 13.4. The molecule has 0 aliphatic heterocycles. The monoisotopic (exact) mass is 380 g/mol. The molecule has 1 fully saturated rings. The number of pyridine rings is 2. The SMILES string of the molecule is Cc1c(-c2ccc(O)c(CN)c2)ccn2c(=O)c(OC(=O)O)cc(C3CC3)c12. The van der Waals surface area contributed by atoms with Crippen LogP contribution in [0.5, 0.6) is 11.5 Å². The number of aromatic nitrogens is 1. The second-order valence-corrected chi connectivity index (χ2v) is 7.03. The van der Waals surface area contributed by atoms with Gasteiger partial charge in [-0.15, -0.1) is 0 Å². The molecule has 4 N–H and O–H groups in total. The first kappa shape index (κ1) is 18.1. The number of phenols is 1. The van der Waals surface area contributed by atoms with Gasteiger partial charge in [0.2, 0.25) is 0 Å². The molecule has 3 aromatic rings. The van der Waals surface area contributed by atoms with Gasteiger partial charge in [-0.3, -0.25) is 9.20 Å². The molecule has 4 rings (SSSR count). The van der Waals surface area contributed by atoms with Crippen LogP contribution in [0.1, 0.15) is 35.4 Å². The van der Waals surface area contributed by atoms with E-state index in [-0.39, 0.29) is 24.0 Å². The van der Waals surface area contributed by atoms with Crippen LogP contribution < -0.4 is 16.0 Å². The van der Waals surface area contributed by atoms with Gasteiger partial charge >= 0.3 is 6.16 Å². The number of carboxylic acid groups (broad SMARTS) is 1. The summed E-state index contributed by atoms with van der Waals surface area (Å²) in [7, 11) is 0. The zero-order valence-electron chi connectivity index (χ0n) is 15.3. The Labute approximate surface area is 160 Å². The second-order valence-electron chi connectivity index (χ2n) is 7.03. The highest BCUT2D eigenvalue weighted by molar-refractivity contribution is 5.78. The number of rotatable bonds is 4. The highest BCUT2D eigenvalue weighted by atomic mass is 16.7.